The quantitative estimate of drug-likeness (QED) is 0.787. The Labute approximate surface area is 131 Å². The Morgan fingerprint density at radius 2 is 2.00 bits per heavy atom. The van der Waals surface area contributed by atoms with Crippen LogP contribution in [-0.4, -0.2) is 31.6 Å². The summed E-state index contributed by atoms with van der Waals surface area (Å²) in [5.74, 6) is 2.07. The number of ether oxygens (including phenoxy) is 1. The van der Waals surface area contributed by atoms with E-state index >= 15 is 0 Å². The van der Waals surface area contributed by atoms with Crippen molar-refractivity contribution >= 4 is 0 Å². The van der Waals surface area contributed by atoms with E-state index in [9.17, 15) is 0 Å². The standard InChI is InChI=1S/C16H25N5O/c1-6-22-10-15-17-16(21(20-15)8-7-11(2)3)14-9-12(4)13(5)18-19-14/h9,11H,6-8,10H2,1-5H3. The smallest absolute Gasteiger partial charge is 0.179 e. The third kappa shape index (κ3) is 4.10. The molecule has 0 N–H and O–H groups in total. The zero-order chi connectivity index (χ0) is 16.1. The molecule has 0 aromatic carbocycles. The van der Waals surface area contributed by atoms with Crippen LogP contribution in [0.3, 0.4) is 0 Å². The van der Waals surface area contributed by atoms with Crippen LogP contribution >= 0.6 is 0 Å². The molecule has 0 amide bonds. The van der Waals surface area contributed by atoms with Crippen LogP contribution in [0.25, 0.3) is 11.5 Å². The molecule has 2 rings (SSSR count). The number of hydrogen-bond donors (Lipinski definition) is 0. The Kier molecular flexibility index (Phi) is 5.60. The van der Waals surface area contributed by atoms with E-state index in [0.717, 1.165) is 35.7 Å². The van der Waals surface area contributed by atoms with E-state index in [1.54, 1.807) is 0 Å². The Morgan fingerprint density at radius 1 is 1.23 bits per heavy atom. The predicted molar refractivity (Wildman–Crippen MR) is 85.3 cm³/mol. The lowest BCUT2D eigenvalue weighted by molar-refractivity contribution is 0.128. The molecular weight excluding hydrogens is 278 g/mol. The molecule has 0 radical (unpaired) electrons. The molecule has 6 heteroatoms. The highest BCUT2D eigenvalue weighted by Gasteiger charge is 2.15. The normalized spacial score (nSPS) is 11.4. The SMILES string of the molecule is CCOCc1nc(-c2cc(C)c(C)nn2)n(CCC(C)C)n1. The van der Waals surface area contributed by atoms with Crippen molar-refractivity contribution in [2.75, 3.05) is 6.61 Å². The van der Waals surface area contributed by atoms with Gasteiger partial charge in [0.15, 0.2) is 11.6 Å². The van der Waals surface area contributed by atoms with E-state index in [0.29, 0.717) is 25.0 Å². The highest BCUT2D eigenvalue weighted by molar-refractivity contribution is 5.50. The van der Waals surface area contributed by atoms with Crippen molar-refractivity contribution < 1.29 is 4.74 Å². The van der Waals surface area contributed by atoms with Crippen LogP contribution in [0.1, 0.15) is 44.3 Å². The van der Waals surface area contributed by atoms with Gasteiger partial charge in [0.25, 0.3) is 0 Å². The van der Waals surface area contributed by atoms with Crippen molar-refractivity contribution in [3.8, 4) is 11.5 Å². The number of hydrogen-bond acceptors (Lipinski definition) is 5. The summed E-state index contributed by atoms with van der Waals surface area (Å²) < 4.78 is 7.34. The maximum Gasteiger partial charge on any atom is 0.179 e. The van der Waals surface area contributed by atoms with E-state index in [1.807, 2.05) is 31.5 Å². The van der Waals surface area contributed by atoms with Gasteiger partial charge in [0.2, 0.25) is 0 Å². The van der Waals surface area contributed by atoms with Gasteiger partial charge in [-0.15, -0.1) is 5.10 Å². The average molecular weight is 303 g/mol. The fourth-order valence-electron chi connectivity index (χ4n) is 2.02. The molecule has 2 aromatic heterocycles. The highest BCUT2D eigenvalue weighted by atomic mass is 16.5. The summed E-state index contributed by atoms with van der Waals surface area (Å²) in [6.45, 7) is 12.3. The van der Waals surface area contributed by atoms with Gasteiger partial charge in [0.05, 0.1) is 5.69 Å². The summed E-state index contributed by atoms with van der Waals surface area (Å²) >= 11 is 0. The number of nitrogens with zero attached hydrogens (tertiary/aromatic N) is 5. The zero-order valence-corrected chi connectivity index (χ0v) is 14.1. The first kappa shape index (κ1) is 16.5. The van der Waals surface area contributed by atoms with Gasteiger partial charge >= 0.3 is 0 Å². The third-order valence-electron chi connectivity index (χ3n) is 3.53. The molecule has 0 saturated carbocycles. The van der Waals surface area contributed by atoms with Crippen LogP contribution in [0.2, 0.25) is 0 Å². The Bertz CT molecular complexity index is 621. The minimum Gasteiger partial charge on any atom is -0.374 e. The minimum atomic E-state index is 0.427. The molecule has 6 nitrogen and oxygen atoms in total. The molecule has 0 bridgehead atoms. The summed E-state index contributed by atoms with van der Waals surface area (Å²) in [5.41, 5.74) is 2.81. The first-order valence-electron chi connectivity index (χ1n) is 7.84. The summed E-state index contributed by atoms with van der Waals surface area (Å²) in [5, 5.41) is 13.0. The van der Waals surface area contributed by atoms with Crippen LogP contribution in [-0.2, 0) is 17.9 Å². The van der Waals surface area contributed by atoms with Crippen LogP contribution in [0, 0.1) is 19.8 Å². The van der Waals surface area contributed by atoms with Crippen LogP contribution in [0.5, 0.6) is 0 Å². The second-order valence-corrected chi connectivity index (χ2v) is 5.89. The van der Waals surface area contributed by atoms with E-state index in [2.05, 4.69) is 34.1 Å². The lowest BCUT2D eigenvalue weighted by Gasteiger charge is -2.08. The molecule has 120 valence electrons. The molecule has 2 aromatic rings. The van der Waals surface area contributed by atoms with Gasteiger partial charge in [0.1, 0.15) is 12.3 Å². The van der Waals surface area contributed by atoms with Crippen LogP contribution in [0.15, 0.2) is 6.07 Å². The fraction of sp³-hybridized carbons (Fsp3) is 0.625. The number of aromatic nitrogens is 5. The molecular formula is C16H25N5O. The summed E-state index contributed by atoms with van der Waals surface area (Å²) in [7, 11) is 0. The molecule has 0 atom stereocenters. The molecule has 22 heavy (non-hydrogen) atoms. The van der Waals surface area contributed by atoms with E-state index < -0.39 is 0 Å². The van der Waals surface area contributed by atoms with E-state index in [1.165, 1.54) is 0 Å². The molecule has 0 unspecified atom stereocenters. The maximum atomic E-state index is 5.42. The van der Waals surface area contributed by atoms with Gasteiger partial charge in [0, 0.05) is 13.2 Å². The van der Waals surface area contributed by atoms with E-state index in [4.69, 9.17) is 4.74 Å². The molecule has 0 fully saturated rings. The van der Waals surface area contributed by atoms with Gasteiger partial charge in [-0.25, -0.2) is 9.67 Å². The summed E-state index contributed by atoms with van der Waals surface area (Å²) in [6, 6.07) is 2.02. The fourth-order valence-corrected chi connectivity index (χ4v) is 2.02. The van der Waals surface area contributed by atoms with Crippen molar-refractivity contribution in [2.45, 2.75) is 54.2 Å². The second-order valence-electron chi connectivity index (χ2n) is 5.89. The topological polar surface area (TPSA) is 65.7 Å². The highest BCUT2D eigenvalue weighted by Crippen LogP contribution is 2.18. The predicted octanol–water partition coefficient (Wildman–Crippen LogP) is 2.93. The minimum absolute atomic E-state index is 0.427. The van der Waals surface area contributed by atoms with Gasteiger partial charge in [-0.05, 0) is 44.7 Å². The summed E-state index contributed by atoms with van der Waals surface area (Å²) in [4.78, 5) is 4.59. The lowest BCUT2D eigenvalue weighted by atomic mass is 10.1. The molecule has 0 aliphatic heterocycles. The van der Waals surface area contributed by atoms with Crippen LogP contribution in [0.4, 0.5) is 0 Å². The monoisotopic (exact) mass is 303 g/mol. The average Bonchev–Trinajstić information content (AvgIpc) is 2.89. The Morgan fingerprint density at radius 3 is 2.64 bits per heavy atom. The van der Waals surface area contributed by atoms with Crippen molar-refractivity contribution in [2.24, 2.45) is 5.92 Å². The molecule has 0 aliphatic carbocycles. The number of rotatable bonds is 7. The molecule has 0 spiro atoms. The number of aryl methyl sites for hydroxylation is 3. The molecule has 0 saturated heterocycles. The van der Waals surface area contributed by atoms with Crippen molar-refractivity contribution in [3.05, 3.63) is 23.1 Å². The second kappa shape index (κ2) is 7.45. The first-order valence-corrected chi connectivity index (χ1v) is 7.84. The largest absolute Gasteiger partial charge is 0.374 e. The van der Waals surface area contributed by atoms with Crippen molar-refractivity contribution in [1.29, 1.82) is 0 Å². The van der Waals surface area contributed by atoms with Crippen LogP contribution < -0.4 is 0 Å². The molecule has 0 aliphatic rings. The lowest BCUT2D eigenvalue weighted by Crippen LogP contribution is -2.07. The zero-order valence-electron chi connectivity index (χ0n) is 14.1. The van der Waals surface area contributed by atoms with Gasteiger partial charge in [-0.2, -0.15) is 10.2 Å². The van der Waals surface area contributed by atoms with Crippen molar-refractivity contribution in [1.82, 2.24) is 25.0 Å². The van der Waals surface area contributed by atoms with Gasteiger partial charge in [-0.3, -0.25) is 0 Å². The summed E-state index contributed by atoms with van der Waals surface area (Å²) in [6.07, 6.45) is 1.04. The Hall–Kier alpha value is -1.82. The first-order chi connectivity index (χ1) is 10.5. The third-order valence-corrected chi connectivity index (χ3v) is 3.53. The van der Waals surface area contributed by atoms with Gasteiger partial charge < -0.3 is 4.74 Å². The Balaban J connectivity index is 2.33. The van der Waals surface area contributed by atoms with Gasteiger partial charge in [-0.1, -0.05) is 13.8 Å². The van der Waals surface area contributed by atoms with E-state index in [-0.39, 0.29) is 0 Å². The maximum absolute atomic E-state index is 5.42. The molecule has 2 heterocycles. The van der Waals surface area contributed by atoms with Crippen molar-refractivity contribution in [3.63, 3.8) is 0 Å².